The van der Waals surface area contributed by atoms with Gasteiger partial charge in [-0.3, -0.25) is 4.79 Å². The van der Waals surface area contributed by atoms with Gasteiger partial charge in [0.15, 0.2) is 0 Å². The summed E-state index contributed by atoms with van der Waals surface area (Å²) in [6.45, 7) is 3.25. The van der Waals surface area contributed by atoms with Crippen molar-refractivity contribution in [3.63, 3.8) is 0 Å². The normalized spacial score (nSPS) is 14.1. The fourth-order valence-electron chi connectivity index (χ4n) is 1.67. The van der Waals surface area contributed by atoms with Gasteiger partial charge in [0, 0.05) is 0 Å². The van der Waals surface area contributed by atoms with E-state index in [-0.39, 0.29) is 6.42 Å². The molecule has 4 heteroatoms. The zero-order valence-corrected chi connectivity index (χ0v) is 11.2. The van der Waals surface area contributed by atoms with Gasteiger partial charge >= 0.3 is 5.97 Å². The minimum Gasteiger partial charge on any atom is -0.481 e. The summed E-state index contributed by atoms with van der Waals surface area (Å²) >= 11 is 0. The predicted molar refractivity (Wildman–Crippen MR) is 68.8 cm³/mol. The lowest BCUT2D eigenvalue weighted by molar-refractivity contribution is -0.892. The highest BCUT2D eigenvalue weighted by Gasteiger charge is 2.20. The summed E-state index contributed by atoms with van der Waals surface area (Å²) in [4.78, 5) is 10.5. The van der Waals surface area contributed by atoms with Gasteiger partial charge < -0.3 is 14.7 Å². The van der Waals surface area contributed by atoms with Crippen LogP contribution >= 0.6 is 0 Å². The monoisotopic (exact) mass is 244 g/mol. The van der Waals surface area contributed by atoms with Gasteiger partial charge in [-0.05, 0) is 12.8 Å². The number of aliphatic hydroxyl groups excluding tert-OH is 1. The number of likely N-dealkylation sites (N-methyl/N-ethyl adjacent to an activating group) is 1. The molecule has 1 unspecified atom stereocenters. The third-order valence-electron chi connectivity index (χ3n) is 2.67. The molecule has 2 N–H and O–H groups in total. The van der Waals surface area contributed by atoms with E-state index in [1.807, 2.05) is 20.2 Å². The van der Waals surface area contributed by atoms with E-state index < -0.39 is 12.1 Å². The molecule has 0 heterocycles. The van der Waals surface area contributed by atoms with Gasteiger partial charge in [-0.1, -0.05) is 25.5 Å². The zero-order chi connectivity index (χ0) is 13.3. The highest BCUT2D eigenvalue weighted by molar-refractivity contribution is 5.66. The number of nitrogens with zero attached hydrogens (tertiary/aromatic N) is 1. The molecule has 4 nitrogen and oxygen atoms in total. The first-order valence-electron chi connectivity index (χ1n) is 6.24. The van der Waals surface area contributed by atoms with Crippen LogP contribution in [-0.4, -0.2) is 54.0 Å². The Balaban J connectivity index is 3.91. The SMILES string of the molecule is CCC/C=C/CC(O)C[N+](C)(C)CCC(=O)O. The summed E-state index contributed by atoms with van der Waals surface area (Å²) in [6.07, 6.45) is 6.65. The van der Waals surface area contributed by atoms with E-state index in [0.717, 1.165) is 12.8 Å². The molecule has 1 atom stereocenters. The second kappa shape index (κ2) is 8.25. The maximum absolute atomic E-state index is 10.5. The molecular formula is C13H26NO3+. The largest absolute Gasteiger partial charge is 0.481 e. The van der Waals surface area contributed by atoms with Crippen molar-refractivity contribution in [3.05, 3.63) is 12.2 Å². The maximum atomic E-state index is 10.5. The summed E-state index contributed by atoms with van der Waals surface area (Å²) in [7, 11) is 3.89. The van der Waals surface area contributed by atoms with E-state index in [4.69, 9.17) is 5.11 Å². The number of unbranched alkanes of at least 4 members (excludes halogenated alkanes) is 1. The third-order valence-corrected chi connectivity index (χ3v) is 2.67. The van der Waals surface area contributed by atoms with Crippen molar-refractivity contribution in [2.45, 2.75) is 38.7 Å². The second-order valence-electron chi connectivity index (χ2n) is 5.14. The first kappa shape index (κ1) is 16.1. The van der Waals surface area contributed by atoms with Crippen LogP contribution in [0.15, 0.2) is 12.2 Å². The van der Waals surface area contributed by atoms with Crippen LogP contribution in [0.1, 0.15) is 32.6 Å². The van der Waals surface area contributed by atoms with E-state index in [2.05, 4.69) is 13.0 Å². The van der Waals surface area contributed by atoms with E-state index in [9.17, 15) is 9.90 Å². The summed E-state index contributed by atoms with van der Waals surface area (Å²) in [6, 6.07) is 0. The number of aliphatic carboxylic acids is 1. The van der Waals surface area contributed by atoms with Crippen LogP contribution in [0.2, 0.25) is 0 Å². The Bertz CT molecular complexity index is 249. The Labute approximate surface area is 104 Å². The van der Waals surface area contributed by atoms with Crippen molar-refractivity contribution in [3.8, 4) is 0 Å². The fourth-order valence-corrected chi connectivity index (χ4v) is 1.67. The summed E-state index contributed by atoms with van der Waals surface area (Å²) < 4.78 is 0.537. The number of hydrogen-bond donors (Lipinski definition) is 2. The molecule has 0 rings (SSSR count). The highest BCUT2D eigenvalue weighted by Crippen LogP contribution is 2.05. The Morgan fingerprint density at radius 1 is 1.35 bits per heavy atom. The molecule has 0 aromatic carbocycles. The number of quaternary nitrogens is 1. The minimum absolute atomic E-state index is 0.144. The topological polar surface area (TPSA) is 57.5 Å². The number of aliphatic hydroxyl groups is 1. The van der Waals surface area contributed by atoms with E-state index in [1.54, 1.807) is 0 Å². The van der Waals surface area contributed by atoms with Gasteiger partial charge in [0.25, 0.3) is 0 Å². The Morgan fingerprint density at radius 3 is 2.53 bits per heavy atom. The van der Waals surface area contributed by atoms with Gasteiger partial charge in [-0.25, -0.2) is 0 Å². The lowest BCUT2D eigenvalue weighted by atomic mass is 10.2. The van der Waals surface area contributed by atoms with Gasteiger partial charge in [0.2, 0.25) is 0 Å². The Morgan fingerprint density at radius 2 is 2.00 bits per heavy atom. The molecule has 0 amide bonds. The van der Waals surface area contributed by atoms with Gasteiger partial charge in [-0.2, -0.15) is 0 Å². The van der Waals surface area contributed by atoms with Crippen LogP contribution in [0.25, 0.3) is 0 Å². The van der Waals surface area contributed by atoms with Crippen LogP contribution < -0.4 is 0 Å². The van der Waals surface area contributed by atoms with Crippen molar-refractivity contribution in [1.82, 2.24) is 0 Å². The average molecular weight is 244 g/mol. The molecule has 0 saturated carbocycles. The summed E-state index contributed by atoms with van der Waals surface area (Å²) in [5.41, 5.74) is 0. The van der Waals surface area contributed by atoms with Gasteiger partial charge in [0.05, 0.1) is 27.1 Å². The molecule has 0 fully saturated rings. The molecule has 0 radical (unpaired) electrons. The first-order chi connectivity index (χ1) is 7.87. The number of hydrogen-bond acceptors (Lipinski definition) is 2. The van der Waals surface area contributed by atoms with Crippen LogP contribution in [0.5, 0.6) is 0 Å². The number of carboxylic acids is 1. The number of allylic oxidation sites excluding steroid dienone is 1. The van der Waals surface area contributed by atoms with Gasteiger partial charge in [-0.15, -0.1) is 0 Å². The Hall–Kier alpha value is -0.870. The van der Waals surface area contributed by atoms with Crippen molar-refractivity contribution in [1.29, 1.82) is 0 Å². The second-order valence-corrected chi connectivity index (χ2v) is 5.14. The molecule has 0 bridgehead atoms. The Kier molecular flexibility index (Phi) is 7.83. The van der Waals surface area contributed by atoms with Crippen molar-refractivity contribution in [2.75, 3.05) is 27.2 Å². The van der Waals surface area contributed by atoms with Crippen molar-refractivity contribution in [2.24, 2.45) is 0 Å². The minimum atomic E-state index is -0.784. The molecule has 0 aliphatic heterocycles. The summed E-state index contributed by atoms with van der Waals surface area (Å²) in [5.74, 6) is -0.784. The molecule has 0 aliphatic carbocycles. The number of carbonyl (C=O) groups is 1. The predicted octanol–water partition coefficient (Wildman–Crippen LogP) is 1.64. The maximum Gasteiger partial charge on any atom is 0.309 e. The highest BCUT2D eigenvalue weighted by atomic mass is 16.4. The number of rotatable bonds is 9. The van der Waals surface area contributed by atoms with E-state index >= 15 is 0 Å². The van der Waals surface area contributed by atoms with Gasteiger partial charge in [0.1, 0.15) is 12.6 Å². The van der Waals surface area contributed by atoms with Crippen LogP contribution in [0, 0.1) is 0 Å². The van der Waals surface area contributed by atoms with Crippen molar-refractivity contribution < 1.29 is 19.5 Å². The lowest BCUT2D eigenvalue weighted by Gasteiger charge is -2.31. The number of carboxylic acid groups (broad SMARTS) is 1. The molecular weight excluding hydrogens is 218 g/mol. The molecule has 0 spiro atoms. The van der Waals surface area contributed by atoms with E-state index in [1.165, 1.54) is 0 Å². The molecule has 0 aliphatic rings. The average Bonchev–Trinajstić information content (AvgIpc) is 2.21. The third kappa shape index (κ3) is 10.0. The fraction of sp³-hybridized carbons (Fsp3) is 0.769. The molecule has 0 saturated heterocycles. The van der Waals surface area contributed by atoms with Crippen molar-refractivity contribution >= 4 is 5.97 Å². The molecule has 17 heavy (non-hydrogen) atoms. The lowest BCUT2D eigenvalue weighted by Crippen LogP contribution is -2.46. The smallest absolute Gasteiger partial charge is 0.309 e. The van der Waals surface area contributed by atoms with Crippen LogP contribution in [-0.2, 0) is 4.79 Å². The first-order valence-corrected chi connectivity index (χ1v) is 6.24. The van der Waals surface area contributed by atoms with Crippen LogP contribution in [0.4, 0.5) is 0 Å². The van der Waals surface area contributed by atoms with Crippen LogP contribution in [0.3, 0.4) is 0 Å². The quantitative estimate of drug-likeness (QED) is 0.479. The standard InChI is InChI=1S/C13H25NO3/c1-4-5-6-7-8-12(15)11-14(2,3)10-9-13(16)17/h6-7,12,15H,4-5,8-11H2,1-3H3/p+1/b7-6+. The molecule has 0 aromatic heterocycles. The zero-order valence-electron chi connectivity index (χ0n) is 11.2. The molecule has 0 aromatic rings. The molecule has 100 valence electrons. The summed E-state index contributed by atoms with van der Waals surface area (Å²) in [5, 5.41) is 18.5. The van der Waals surface area contributed by atoms with E-state index in [0.29, 0.717) is 24.0 Å².